The van der Waals surface area contributed by atoms with Crippen LogP contribution in [0.15, 0.2) is 24.3 Å². The minimum Gasteiger partial charge on any atom is -0.495 e. The van der Waals surface area contributed by atoms with Crippen molar-refractivity contribution in [2.45, 2.75) is 32.7 Å². The van der Waals surface area contributed by atoms with Gasteiger partial charge >= 0.3 is 0 Å². The van der Waals surface area contributed by atoms with Crippen LogP contribution in [0.3, 0.4) is 0 Å². The van der Waals surface area contributed by atoms with Crippen LogP contribution >= 0.6 is 11.6 Å². The molecule has 1 heterocycles. The van der Waals surface area contributed by atoms with Crippen molar-refractivity contribution >= 4 is 17.5 Å². The predicted octanol–water partition coefficient (Wildman–Crippen LogP) is 3.31. The van der Waals surface area contributed by atoms with Gasteiger partial charge in [0, 0.05) is 19.0 Å². The number of rotatable bonds is 4. The highest BCUT2D eigenvalue weighted by Crippen LogP contribution is 2.25. The number of carbonyl (C=O) groups excluding carboxylic acids is 1. The van der Waals surface area contributed by atoms with E-state index in [9.17, 15) is 4.79 Å². The topological polar surface area (TPSA) is 56.1 Å². The molecule has 1 aromatic heterocycles. The average Bonchev–Trinajstić information content (AvgIpc) is 2.88. The van der Waals surface area contributed by atoms with E-state index < -0.39 is 0 Å². The third-order valence-electron chi connectivity index (χ3n) is 3.55. The molecule has 0 fully saturated rings. The van der Waals surface area contributed by atoms with Crippen molar-refractivity contribution in [2.75, 3.05) is 7.11 Å². The van der Waals surface area contributed by atoms with E-state index in [-0.39, 0.29) is 11.3 Å². The maximum Gasteiger partial charge on any atom is 0.269 e. The van der Waals surface area contributed by atoms with Gasteiger partial charge < -0.3 is 10.1 Å². The number of halogens is 1. The molecule has 0 atom stereocenters. The number of aryl methyl sites for hydroxylation is 1. The molecule has 0 aliphatic carbocycles. The van der Waals surface area contributed by atoms with Crippen LogP contribution in [0.5, 0.6) is 5.75 Å². The predicted molar refractivity (Wildman–Crippen MR) is 91.1 cm³/mol. The summed E-state index contributed by atoms with van der Waals surface area (Å²) in [4.78, 5) is 12.4. The number of hydrogen-bond donors (Lipinski definition) is 1. The second kappa shape index (κ2) is 6.62. The standard InChI is InChI=1S/C17H22ClN3O2/c1-17(2,3)15-9-13(21(4)20-15)16(22)19-10-11-6-7-12(18)14(8-11)23-5/h6-9H,10H2,1-5H3,(H,19,22). The van der Waals surface area contributed by atoms with Crippen LogP contribution in [0, 0.1) is 0 Å². The van der Waals surface area contributed by atoms with E-state index >= 15 is 0 Å². The Morgan fingerprint density at radius 1 is 1.35 bits per heavy atom. The molecule has 1 aromatic carbocycles. The van der Waals surface area contributed by atoms with E-state index in [1.54, 1.807) is 24.9 Å². The summed E-state index contributed by atoms with van der Waals surface area (Å²) in [5.74, 6) is 0.429. The normalized spacial score (nSPS) is 11.4. The van der Waals surface area contributed by atoms with Crippen LogP contribution in [0.1, 0.15) is 42.5 Å². The molecule has 2 aromatic rings. The Morgan fingerprint density at radius 3 is 2.61 bits per heavy atom. The molecule has 2 rings (SSSR count). The summed E-state index contributed by atoms with van der Waals surface area (Å²) in [5.41, 5.74) is 2.24. The maximum atomic E-state index is 12.4. The van der Waals surface area contributed by atoms with Crippen molar-refractivity contribution in [1.82, 2.24) is 15.1 Å². The molecule has 0 saturated carbocycles. The fraction of sp³-hybridized carbons (Fsp3) is 0.412. The average molecular weight is 336 g/mol. The second-order valence-corrected chi connectivity index (χ2v) is 6.85. The number of aromatic nitrogens is 2. The first-order chi connectivity index (χ1) is 10.7. The Bertz CT molecular complexity index is 717. The summed E-state index contributed by atoms with van der Waals surface area (Å²) >= 11 is 6.00. The molecule has 0 aliphatic rings. The minimum absolute atomic E-state index is 0.0974. The third-order valence-corrected chi connectivity index (χ3v) is 3.86. The molecule has 5 nitrogen and oxygen atoms in total. The van der Waals surface area contributed by atoms with E-state index in [0.717, 1.165) is 11.3 Å². The summed E-state index contributed by atoms with van der Waals surface area (Å²) < 4.78 is 6.79. The van der Waals surface area contributed by atoms with Crippen LogP contribution in [0.4, 0.5) is 0 Å². The number of carbonyl (C=O) groups is 1. The maximum absolute atomic E-state index is 12.4. The highest BCUT2D eigenvalue weighted by molar-refractivity contribution is 6.32. The molecule has 124 valence electrons. The number of nitrogens with zero attached hydrogens (tertiary/aromatic N) is 2. The Kier molecular flexibility index (Phi) is 5.00. The van der Waals surface area contributed by atoms with Crippen molar-refractivity contribution in [3.8, 4) is 5.75 Å². The van der Waals surface area contributed by atoms with E-state index in [1.807, 2.05) is 18.2 Å². The van der Waals surface area contributed by atoms with Crippen molar-refractivity contribution in [1.29, 1.82) is 0 Å². The van der Waals surface area contributed by atoms with Gasteiger partial charge in [-0.3, -0.25) is 9.48 Å². The largest absolute Gasteiger partial charge is 0.495 e. The lowest BCUT2D eigenvalue weighted by Gasteiger charge is -2.13. The van der Waals surface area contributed by atoms with Crippen LogP contribution in [-0.2, 0) is 19.0 Å². The van der Waals surface area contributed by atoms with E-state index in [2.05, 4.69) is 31.2 Å². The number of nitrogens with one attached hydrogen (secondary N) is 1. The quantitative estimate of drug-likeness (QED) is 0.932. The van der Waals surface area contributed by atoms with Crippen LogP contribution in [0.2, 0.25) is 5.02 Å². The van der Waals surface area contributed by atoms with Crippen molar-refractivity contribution in [3.05, 3.63) is 46.2 Å². The molecule has 0 aliphatic heterocycles. The van der Waals surface area contributed by atoms with E-state index in [4.69, 9.17) is 16.3 Å². The highest BCUT2D eigenvalue weighted by Gasteiger charge is 2.21. The Hall–Kier alpha value is -2.01. The number of amides is 1. The van der Waals surface area contributed by atoms with Gasteiger partial charge in [-0.1, -0.05) is 38.4 Å². The van der Waals surface area contributed by atoms with Crippen molar-refractivity contribution in [2.24, 2.45) is 7.05 Å². The third kappa shape index (κ3) is 4.05. The monoisotopic (exact) mass is 335 g/mol. The van der Waals surface area contributed by atoms with Crippen molar-refractivity contribution < 1.29 is 9.53 Å². The first-order valence-electron chi connectivity index (χ1n) is 7.37. The minimum atomic E-state index is -0.163. The van der Waals surface area contributed by atoms with Gasteiger partial charge in [-0.2, -0.15) is 5.10 Å². The molecule has 0 unspecified atom stereocenters. The number of hydrogen-bond acceptors (Lipinski definition) is 3. The van der Waals surface area contributed by atoms with Crippen molar-refractivity contribution in [3.63, 3.8) is 0 Å². The fourth-order valence-electron chi connectivity index (χ4n) is 2.13. The summed E-state index contributed by atoms with van der Waals surface area (Å²) in [5, 5.41) is 7.85. The summed E-state index contributed by atoms with van der Waals surface area (Å²) in [6, 6.07) is 7.25. The van der Waals surface area contributed by atoms with Gasteiger partial charge in [0.2, 0.25) is 0 Å². The molecule has 0 radical (unpaired) electrons. The van der Waals surface area contributed by atoms with E-state index in [1.165, 1.54) is 0 Å². The van der Waals surface area contributed by atoms with Gasteiger partial charge in [-0.15, -0.1) is 0 Å². The van der Waals surface area contributed by atoms with Crippen LogP contribution in [0.25, 0.3) is 0 Å². The Morgan fingerprint density at radius 2 is 2.04 bits per heavy atom. The molecule has 0 bridgehead atoms. The molecule has 1 N–H and O–H groups in total. The summed E-state index contributed by atoms with van der Waals surface area (Å²) in [6.45, 7) is 6.59. The number of methoxy groups -OCH3 is 1. The Labute approximate surface area is 141 Å². The van der Waals surface area contributed by atoms with Gasteiger partial charge in [0.25, 0.3) is 5.91 Å². The van der Waals surface area contributed by atoms with Crippen LogP contribution in [-0.4, -0.2) is 22.8 Å². The zero-order valence-electron chi connectivity index (χ0n) is 14.1. The molecular formula is C17H22ClN3O2. The smallest absolute Gasteiger partial charge is 0.269 e. The lowest BCUT2D eigenvalue weighted by molar-refractivity contribution is 0.0941. The molecule has 23 heavy (non-hydrogen) atoms. The molecule has 1 amide bonds. The highest BCUT2D eigenvalue weighted by atomic mass is 35.5. The SMILES string of the molecule is COc1cc(CNC(=O)c2cc(C(C)(C)C)nn2C)ccc1Cl. The zero-order chi connectivity index (χ0) is 17.2. The van der Waals surface area contributed by atoms with E-state index in [0.29, 0.717) is 23.0 Å². The molecule has 0 saturated heterocycles. The van der Waals surface area contributed by atoms with Gasteiger partial charge in [0.15, 0.2) is 0 Å². The second-order valence-electron chi connectivity index (χ2n) is 6.44. The summed E-state index contributed by atoms with van der Waals surface area (Å²) in [6.07, 6.45) is 0. The molecule has 6 heteroatoms. The van der Waals surface area contributed by atoms with Gasteiger partial charge in [-0.25, -0.2) is 0 Å². The Balaban J connectivity index is 2.10. The van der Waals surface area contributed by atoms with Gasteiger partial charge in [-0.05, 0) is 23.8 Å². The lowest BCUT2D eigenvalue weighted by Crippen LogP contribution is -2.25. The number of ether oxygens (including phenoxy) is 1. The first kappa shape index (κ1) is 17.3. The zero-order valence-corrected chi connectivity index (χ0v) is 14.9. The van der Waals surface area contributed by atoms with Gasteiger partial charge in [0.1, 0.15) is 11.4 Å². The fourth-order valence-corrected chi connectivity index (χ4v) is 2.33. The first-order valence-corrected chi connectivity index (χ1v) is 7.75. The number of benzene rings is 1. The molecule has 0 spiro atoms. The summed E-state index contributed by atoms with van der Waals surface area (Å²) in [7, 11) is 3.34. The lowest BCUT2D eigenvalue weighted by atomic mass is 9.92. The van der Waals surface area contributed by atoms with Crippen LogP contribution < -0.4 is 10.1 Å². The molecular weight excluding hydrogens is 314 g/mol. The van der Waals surface area contributed by atoms with Gasteiger partial charge in [0.05, 0.1) is 17.8 Å².